The number of aryl methyl sites for hydroxylation is 1. The Kier molecular flexibility index (Phi) is 5.75. The highest BCUT2D eigenvalue weighted by molar-refractivity contribution is 5.76. The van der Waals surface area contributed by atoms with Crippen molar-refractivity contribution in [3.8, 4) is 5.75 Å². The van der Waals surface area contributed by atoms with E-state index in [1.807, 2.05) is 12.1 Å². The largest absolute Gasteiger partial charge is 0.508 e. The van der Waals surface area contributed by atoms with E-state index in [0.29, 0.717) is 30.7 Å². The molecule has 1 aliphatic carbocycles. The van der Waals surface area contributed by atoms with Gasteiger partial charge in [-0.1, -0.05) is 49.4 Å². The van der Waals surface area contributed by atoms with Gasteiger partial charge in [0.05, 0.1) is 0 Å². The molecule has 2 N–H and O–H groups in total. The van der Waals surface area contributed by atoms with Crippen molar-refractivity contribution in [2.24, 2.45) is 11.8 Å². The van der Waals surface area contributed by atoms with Crippen LogP contribution in [-0.2, 0) is 17.6 Å². The number of carbonyl (C=O) groups is 1. The van der Waals surface area contributed by atoms with Gasteiger partial charge in [-0.15, -0.1) is 0 Å². The van der Waals surface area contributed by atoms with Crippen LogP contribution in [0, 0.1) is 11.8 Å². The fourth-order valence-corrected chi connectivity index (χ4v) is 3.87. The summed E-state index contributed by atoms with van der Waals surface area (Å²) >= 11 is 0. The first kappa shape index (κ1) is 17.5. The third kappa shape index (κ3) is 5.09. The highest BCUT2D eigenvalue weighted by atomic mass is 16.3. The zero-order valence-corrected chi connectivity index (χ0v) is 14.8. The minimum atomic E-state index is 0.130. The molecule has 0 aromatic heterocycles. The van der Waals surface area contributed by atoms with Crippen LogP contribution in [0.5, 0.6) is 5.75 Å². The molecule has 3 atom stereocenters. The Hall–Kier alpha value is -2.29. The molecule has 3 heteroatoms. The third-order valence-electron chi connectivity index (χ3n) is 5.33. The summed E-state index contributed by atoms with van der Waals surface area (Å²) in [5, 5.41) is 12.5. The first-order valence-corrected chi connectivity index (χ1v) is 9.21. The molecule has 0 heterocycles. The minimum absolute atomic E-state index is 0.130. The van der Waals surface area contributed by atoms with Gasteiger partial charge in [-0.25, -0.2) is 0 Å². The number of amides is 1. The second-order valence-electron chi connectivity index (χ2n) is 7.33. The molecule has 25 heavy (non-hydrogen) atoms. The lowest BCUT2D eigenvalue weighted by Gasteiger charge is -2.15. The fourth-order valence-electron chi connectivity index (χ4n) is 3.87. The average molecular weight is 337 g/mol. The number of aromatic hydroxyl groups is 1. The number of hydrogen-bond donors (Lipinski definition) is 2. The molecule has 3 rings (SSSR count). The van der Waals surface area contributed by atoms with Gasteiger partial charge < -0.3 is 10.4 Å². The van der Waals surface area contributed by atoms with Crippen LogP contribution in [0.3, 0.4) is 0 Å². The number of hydrogen-bond acceptors (Lipinski definition) is 2. The average Bonchev–Trinajstić information content (AvgIpc) is 2.94. The Balaban J connectivity index is 1.45. The van der Waals surface area contributed by atoms with E-state index in [2.05, 4.69) is 42.6 Å². The predicted molar refractivity (Wildman–Crippen MR) is 100 cm³/mol. The molecular formula is C22H27NO2. The molecule has 1 fully saturated rings. The Morgan fingerprint density at radius 1 is 1.04 bits per heavy atom. The predicted octanol–water partition coefficient (Wildman–Crippen LogP) is 4.10. The lowest BCUT2D eigenvalue weighted by atomic mass is 9.91. The molecule has 0 bridgehead atoms. The molecule has 1 aliphatic rings. The van der Waals surface area contributed by atoms with Crippen molar-refractivity contribution in [2.75, 3.05) is 0 Å². The summed E-state index contributed by atoms with van der Waals surface area (Å²) < 4.78 is 0. The SMILES string of the molecule is C[C@@H]1C[C@H](NC(=O)CCc2ccc(O)cc2)CC1Cc1ccccc1. The maximum atomic E-state index is 12.3. The highest BCUT2D eigenvalue weighted by Gasteiger charge is 2.31. The number of rotatable bonds is 6. The molecule has 0 radical (unpaired) electrons. The molecule has 132 valence electrons. The standard InChI is InChI=1S/C22H27NO2/c1-16-13-20(15-19(16)14-18-5-3-2-4-6-18)23-22(25)12-9-17-7-10-21(24)11-8-17/h2-8,10-11,16,19-20,24H,9,12-15H2,1H3,(H,23,25)/t16-,19?,20+/m1/s1. The first-order chi connectivity index (χ1) is 12.1. The van der Waals surface area contributed by atoms with Crippen LogP contribution in [0.25, 0.3) is 0 Å². The smallest absolute Gasteiger partial charge is 0.220 e. The van der Waals surface area contributed by atoms with Gasteiger partial charge in [0.2, 0.25) is 5.91 Å². The molecule has 1 unspecified atom stereocenters. The maximum absolute atomic E-state index is 12.3. The van der Waals surface area contributed by atoms with E-state index in [1.165, 1.54) is 5.56 Å². The van der Waals surface area contributed by atoms with E-state index in [1.54, 1.807) is 12.1 Å². The molecule has 0 aliphatic heterocycles. The quantitative estimate of drug-likeness (QED) is 0.834. The van der Waals surface area contributed by atoms with Crippen molar-refractivity contribution in [1.29, 1.82) is 0 Å². The van der Waals surface area contributed by atoms with Crippen molar-refractivity contribution < 1.29 is 9.90 Å². The van der Waals surface area contributed by atoms with Crippen LogP contribution < -0.4 is 5.32 Å². The molecule has 0 spiro atoms. The van der Waals surface area contributed by atoms with Crippen LogP contribution in [-0.4, -0.2) is 17.1 Å². The minimum Gasteiger partial charge on any atom is -0.508 e. The van der Waals surface area contributed by atoms with Crippen molar-refractivity contribution in [1.82, 2.24) is 5.32 Å². The lowest BCUT2D eigenvalue weighted by molar-refractivity contribution is -0.121. The number of carbonyl (C=O) groups excluding carboxylic acids is 1. The molecule has 2 aromatic rings. The summed E-state index contributed by atoms with van der Waals surface area (Å²) in [6.45, 7) is 2.30. The van der Waals surface area contributed by atoms with Gasteiger partial charge in [0.1, 0.15) is 5.75 Å². The van der Waals surface area contributed by atoms with Crippen LogP contribution in [0.15, 0.2) is 54.6 Å². The topological polar surface area (TPSA) is 49.3 Å². The normalized spacial score (nSPS) is 22.7. The summed E-state index contributed by atoms with van der Waals surface area (Å²) in [6.07, 6.45) is 4.45. The van der Waals surface area contributed by atoms with E-state index in [9.17, 15) is 9.90 Å². The van der Waals surface area contributed by atoms with Crippen LogP contribution in [0.1, 0.15) is 37.3 Å². The Morgan fingerprint density at radius 3 is 2.48 bits per heavy atom. The third-order valence-corrected chi connectivity index (χ3v) is 5.33. The second-order valence-corrected chi connectivity index (χ2v) is 7.33. The zero-order chi connectivity index (χ0) is 17.6. The maximum Gasteiger partial charge on any atom is 0.220 e. The Morgan fingerprint density at radius 2 is 1.76 bits per heavy atom. The van der Waals surface area contributed by atoms with Gasteiger partial charge in [-0.3, -0.25) is 4.79 Å². The summed E-state index contributed by atoms with van der Waals surface area (Å²) in [5.41, 5.74) is 2.47. The number of phenolic OH excluding ortho intramolecular Hbond substituents is 1. The van der Waals surface area contributed by atoms with Crippen molar-refractivity contribution in [3.63, 3.8) is 0 Å². The Bertz CT molecular complexity index is 681. The van der Waals surface area contributed by atoms with E-state index in [-0.39, 0.29) is 11.7 Å². The van der Waals surface area contributed by atoms with Gasteiger partial charge in [-0.2, -0.15) is 0 Å². The fraction of sp³-hybridized carbons (Fsp3) is 0.409. The molecule has 2 aromatic carbocycles. The van der Waals surface area contributed by atoms with Crippen LogP contribution in [0.4, 0.5) is 0 Å². The van der Waals surface area contributed by atoms with E-state index in [4.69, 9.17) is 0 Å². The second kappa shape index (κ2) is 8.19. The van der Waals surface area contributed by atoms with Gasteiger partial charge in [0.15, 0.2) is 0 Å². The van der Waals surface area contributed by atoms with Gasteiger partial charge in [0.25, 0.3) is 0 Å². The highest BCUT2D eigenvalue weighted by Crippen LogP contribution is 2.34. The van der Waals surface area contributed by atoms with Crippen LogP contribution in [0.2, 0.25) is 0 Å². The molecular weight excluding hydrogens is 310 g/mol. The van der Waals surface area contributed by atoms with E-state index >= 15 is 0 Å². The van der Waals surface area contributed by atoms with Crippen molar-refractivity contribution in [2.45, 2.75) is 45.1 Å². The van der Waals surface area contributed by atoms with E-state index in [0.717, 1.165) is 24.8 Å². The first-order valence-electron chi connectivity index (χ1n) is 9.21. The monoisotopic (exact) mass is 337 g/mol. The molecule has 1 amide bonds. The number of benzene rings is 2. The Labute approximate surface area is 150 Å². The molecule has 3 nitrogen and oxygen atoms in total. The number of phenols is 1. The summed E-state index contributed by atoms with van der Waals surface area (Å²) in [4.78, 5) is 12.3. The summed E-state index contributed by atoms with van der Waals surface area (Å²) in [6, 6.07) is 18.0. The summed E-state index contributed by atoms with van der Waals surface area (Å²) in [7, 11) is 0. The van der Waals surface area contributed by atoms with Gasteiger partial charge in [-0.05, 0) is 60.8 Å². The lowest BCUT2D eigenvalue weighted by Crippen LogP contribution is -2.33. The summed E-state index contributed by atoms with van der Waals surface area (Å²) in [5.74, 6) is 1.68. The van der Waals surface area contributed by atoms with E-state index < -0.39 is 0 Å². The van der Waals surface area contributed by atoms with Crippen molar-refractivity contribution in [3.05, 3.63) is 65.7 Å². The van der Waals surface area contributed by atoms with Crippen LogP contribution >= 0.6 is 0 Å². The van der Waals surface area contributed by atoms with Gasteiger partial charge in [0, 0.05) is 12.5 Å². The zero-order valence-electron chi connectivity index (χ0n) is 14.8. The molecule has 1 saturated carbocycles. The molecule has 0 saturated heterocycles. The van der Waals surface area contributed by atoms with Gasteiger partial charge >= 0.3 is 0 Å². The number of nitrogens with one attached hydrogen (secondary N) is 1. The van der Waals surface area contributed by atoms with Crippen molar-refractivity contribution >= 4 is 5.91 Å².